The molecule has 3 nitrogen and oxygen atoms in total. The number of anilines is 1. The second-order valence-corrected chi connectivity index (χ2v) is 9.55. The molecule has 0 saturated heterocycles. The molecule has 0 fully saturated rings. The van der Waals surface area contributed by atoms with Crippen LogP contribution in [0, 0.1) is 6.92 Å². The Morgan fingerprint density at radius 1 is 1.00 bits per heavy atom. The zero-order chi connectivity index (χ0) is 18.2. The van der Waals surface area contributed by atoms with Crippen LogP contribution in [0.5, 0.6) is 0 Å². The second-order valence-electron chi connectivity index (χ2n) is 7.44. The lowest BCUT2D eigenvalue weighted by Gasteiger charge is -2.31. The third kappa shape index (κ3) is 3.96. The van der Waals surface area contributed by atoms with Crippen LogP contribution in [-0.2, 0) is 16.3 Å². The van der Waals surface area contributed by atoms with E-state index in [1.54, 1.807) is 12.1 Å². The average Bonchev–Trinajstić information content (AvgIpc) is 2.53. The highest BCUT2D eigenvalue weighted by Crippen LogP contribution is 2.34. The summed E-state index contributed by atoms with van der Waals surface area (Å²) in [5, 5.41) is 3.50. The molecule has 1 aliphatic heterocycles. The minimum absolute atomic E-state index is 0.0621. The number of nitrogens with one attached hydrogen (secondary N) is 1. The van der Waals surface area contributed by atoms with E-state index in [4.69, 9.17) is 0 Å². The molecule has 0 atom stereocenters. The van der Waals surface area contributed by atoms with Crippen molar-refractivity contribution in [1.82, 2.24) is 0 Å². The fraction of sp³-hybridized carbons (Fsp3) is 0.333. The molecule has 0 aliphatic carbocycles. The van der Waals surface area contributed by atoms with Gasteiger partial charge in [0, 0.05) is 11.3 Å². The van der Waals surface area contributed by atoms with Gasteiger partial charge < -0.3 is 5.32 Å². The molecule has 0 bridgehead atoms. The quantitative estimate of drug-likeness (QED) is 0.870. The lowest BCUT2D eigenvalue weighted by Crippen LogP contribution is -2.31. The molecule has 0 aromatic heterocycles. The Balaban J connectivity index is 1.79. The Labute approximate surface area is 150 Å². The van der Waals surface area contributed by atoms with Crippen LogP contribution in [-0.4, -0.2) is 19.7 Å². The summed E-state index contributed by atoms with van der Waals surface area (Å²) in [5.41, 5.74) is 5.53. The van der Waals surface area contributed by atoms with Gasteiger partial charge >= 0.3 is 0 Å². The number of fused-ring (bicyclic) bond motifs is 1. The summed E-state index contributed by atoms with van der Waals surface area (Å²) in [6.45, 7) is 8.34. The van der Waals surface area contributed by atoms with Crippen LogP contribution in [0.15, 0.2) is 53.4 Å². The van der Waals surface area contributed by atoms with Crippen LogP contribution in [0.1, 0.15) is 37.5 Å². The zero-order valence-electron chi connectivity index (χ0n) is 15.3. The molecule has 1 aliphatic rings. The fourth-order valence-corrected chi connectivity index (χ4v) is 4.59. The molecular formula is C21H25NO2S. The monoisotopic (exact) mass is 355 g/mol. The SMILES string of the molecule is CC1=CC(C)(C)Nc2ccc(CCS(=O)(=O)c3ccc(C)cc3)cc21. The van der Waals surface area contributed by atoms with Crippen molar-refractivity contribution in [1.29, 1.82) is 0 Å². The molecule has 132 valence electrons. The summed E-state index contributed by atoms with van der Waals surface area (Å²) in [6, 6.07) is 13.2. The lowest BCUT2D eigenvalue weighted by atomic mass is 9.90. The van der Waals surface area contributed by atoms with E-state index in [0.717, 1.165) is 22.4 Å². The molecule has 3 rings (SSSR count). The van der Waals surface area contributed by atoms with Crippen LogP contribution in [0.2, 0.25) is 0 Å². The van der Waals surface area contributed by atoms with Gasteiger partial charge in [0.05, 0.1) is 16.2 Å². The van der Waals surface area contributed by atoms with E-state index in [1.165, 1.54) is 5.57 Å². The highest BCUT2D eigenvalue weighted by atomic mass is 32.2. The molecule has 25 heavy (non-hydrogen) atoms. The Kier molecular flexibility index (Phi) is 4.50. The van der Waals surface area contributed by atoms with Crippen molar-refractivity contribution in [3.63, 3.8) is 0 Å². The minimum atomic E-state index is -3.26. The van der Waals surface area contributed by atoms with Gasteiger partial charge in [-0.1, -0.05) is 29.8 Å². The van der Waals surface area contributed by atoms with Crippen molar-refractivity contribution in [2.75, 3.05) is 11.1 Å². The first kappa shape index (κ1) is 17.7. The summed E-state index contributed by atoms with van der Waals surface area (Å²) in [7, 11) is -3.26. The maximum Gasteiger partial charge on any atom is 0.178 e. The topological polar surface area (TPSA) is 46.2 Å². The normalized spacial score (nSPS) is 15.9. The number of hydrogen-bond acceptors (Lipinski definition) is 3. The van der Waals surface area contributed by atoms with Crippen LogP contribution < -0.4 is 5.32 Å². The number of sulfone groups is 1. The molecule has 0 unspecified atom stereocenters. The van der Waals surface area contributed by atoms with Crippen LogP contribution in [0.3, 0.4) is 0 Å². The highest BCUT2D eigenvalue weighted by molar-refractivity contribution is 7.91. The molecule has 4 heteroatoms. The number of hydrogen-bond donors (Lipinski definition) is 1. The van der Waals surface area contributed by atoms with Crippen LogP contribution >= 0.6 is 0 Å². The van der Waals surface area contributed by atoms with Crippen molar-refractivity contribution in [2.45, 2.75) is 44.6 Å². The van der Waals surface area contributed by atoms with Gasteiger partial charge in [0.15, 0.2) is 9.84 Å². The third-order valence-electron chi connectivity index (χ3n) is 4.58. The maximum absolute atomic E-state index is 12.5. The van der Waals surface area contributed by atoms with Gasteiger partial charge in [-0.25, -0.2) is 8.42 Å². The fourth-order valence-electron chi connectivity index (χ4n) is 3.30. The van der Waals surface area contributed by atoms with Crippen molar-refractivity contribution in [3.05, 3.63) is 65.2 Å². The predicted molar refractivity (Wildman–Crippen MR) is 105 cm³/mol. The smallest absolute Gasteiger partial charge is 0.178 e. The van der Waals surface area contributed by atoms with Gasteiger partial charge in [-0.05, 0) is 69.5 Å². The van der Waals surface area contributed by atoms with E-state index < -0.39 is 9.84 Å². The molecule has 2 aromatic carbocycles. The largest absolute Gasteiger partial charge is 0.376 e. The molecule has 0 radical (unpaired) electrons. The molecule has 1 N–H and O–H groups in total. The molecule has 1 heterocycles. The van der Waals surface area contributed by atoms with Crippen molar-refractivity contribution >= 4 is 21.1 Å². The van der Waals surface area contributed by atoms with Crippen LogP contribution in [0.25, 0.3) is 5.57 Å². The first-order valence-corrected chi connectivity index (χ1v) is 10.2. The minimum Gasteiger partial charge on any atom is -0.376 e. The summed E-state index contributed by atoms with van der Waals surface area (Å²) in [4.78, 5) is 0.399. The van der Waals surface area contributed by atoms with E-state index in [9.17, 15) is 8.42 Å². The van der Waals surface area contributed by atoms with Gasteiger partial charge in [-0.2, -0.15) is 0 Å². The van der Waals surface area contributed by atoms with E-state index in [-0.39, 0.29) is 11.3 Å². The predicted octanol–water partition coefficient (Wildman–Crippen LogP) is 4.62. The van der Waals surface area contributed by atoms with E-state index in [0.29, 0.717) is 11.3 Å². The first-order valence-electron chi connectivity index (χ1n) is 8.57. The Morgan fingerprint density at radius 2 is 1.68 bits per heavy atom. The van der Waals surface area contributed by atoms with Crippen molar-refractivity contribution < 1.29 is 8.42 Å². The zero-order valence-corrected chi connectivity index (χ0v) is 16.1. The standard InChI is InChI=1S/C21H25NO2S/c1-15-5-8-18(9-6-15)25(23,24)12-11-17-7-10-20-19(13-17)16(2)14-21(3,4)22-20/h5-10,13-14,22H,11-12H2,1-4H3. The Bertz CT molecular complexity index is 923. The summed E-state index contributed by atoms with van der Waals surface area (Å²) in [5.74, 6) is 0.122. The molecule has 0 spiro atoms. The molecule has 0 saturated carbocycles. The van der Waals surface area contributed by atoms with Gasteiger partial charge in [-0.3, -0.25) is 0 Å². The number of benzene rings is 2. The van der Waals surface area contributed by atoms with E-state index in [2.05, 4.69) is 44.3 Å². The average molecular weight is 356 g/mol. The molecule has 0 amide bonds. The van der Waals surface area contributed by atoms with Crippen LogP contribution in [0.4, 0.5) is 5.69 Å². The third-order valence-corrected chi connectivity index (χ3v) is 6.31. The van der Waals surface area contributed by atoms with Gasteiger partial charge in [-0.15, -0.1) is 0 Å². The first-order chi connectivity index (χ1) is 11.7. The second kappa shape index (κ2) is 6.34. The maximum atomic E-state index is 12.5. The molecular weight excluding hydrogens is 330 g/mol. The number of rotatable bonds is 4. The van der Waals surface area contributed by atoms with Gasteiger partial charge in [0.2, 0.25) is 0 Å². The van der Waals surface area contributed by atoms with E-state index in [1.807, 2.05) is 25.1 Å². The molecule has 2 aromatic rings. The number of allylic oxidation sites excluding steroid dienone is 1. The lowest BCUT2D eigenvalue weighted by molar-refractivity contribution is 0.595. The highest BCUT2D eigenvalue weighted by Gasteiger charge is 2.22. The Morgan fingerprint density at radius 3 is 2.36 bits per heavy atom. The van der Waals surface area contributed by atoms with Gasteiger partial charge in [0.25, 0.3) is 0 Å². The van der Waals surface area contributed by atoms with E-state index >= 15 is 0 Å². The summed E-state index contributed by atoms with van der Waals surface area (Å²) < 4.78 is 25.1. The summed E-state index contributed by atoms with van der Waals surface area (Å²) in [6.07, 6.45) is 2.72. The number of aryl methyl sites for hydroxylation is 2. The van der Waals surface area contributed by atoms with Crippen molar-refractivity contribution in [2.24, 2.45) is 0 Å². The van der Waals surface area contributed by atoms with Crippen molar-refractivity contribution in [3.8, 4) is 0 Å². The summed E-state index contributed by atoms with van der Waals surface area (Å²) >= 11 is 0. The van der Waals surface area contributed by atoms with Gasteiger partial charge in [0.1, 0.15) is 0 Å². The Hall–Kier alpha value is -2.07.